The third-order valence-electron chi connectivity index (χ3n) is 7.13. The van der Waals surface area contributed by atoms with Crippen LogP contribution in [0.25, 0.3) is 11.4 Å². The second-order valence-corrected chi connectivity index (χ2v) is 10.8. The molecule has 0 spiro atoms. The number of anilines is 1. The highest BCUT2D eigenvalue weighted by Crippen LogP contribution is 2.29. The van der Waals surface area contributed by atoms with Gasteiger partial charge in [0.25, 0.3) is 0 Å². The number of amides is 2. The van der Waals surface area contributed by atoms with Gasteiger partial charge in [0.15, 0.2) is 0 Å². The average molecular weight is 522 g/mol. The molecule has 202 valence electrons. The Kier molecular flexibility index (Phi) is 8.83. The molecule has 1 aliphatic rings. The number of hydrogen-bond acceptors (Lipinski definition) is 6. The molecule has 2 atom stereocenters. The Morgan fingerprint density at radius 3 is 2.76 bits per heavy atom. The molecule has 1 saturated heterocycles. The lowest BCUT2D eigenvalue weighted by Gasteiger charge is -2.33. The summed E-state index contributed by atoms with van der Waals surface area (Å²) >= 11 is 0. The molecule has 3 aromatic rings. The molecule has 1 fully saturated rings. The number of piperidine rings is 1. The van der Waals surface area contributed by atoms with Crippen molar-refractivity contribution in [3.8, 4) is 11.4 Å². The van der Waals surface area contributed by atoms with Crippen molar-refractivity contribution in [3.05, 3.63) is 59.4 Å². The van der Waals surface area contributed by atoms with Crippen LogP contribution in [-0.2, 0) is 16.6 Å². The van der Waals surface area contributed by atoms with E-state index in [1.54, 1.807) is 12.1 Å². The van der Waals surface area contributed by atoms with E-state index in [9.17, 15) is 14.0 Å². The minimum atomic E-state index is -0.747. The summed E-state index contributed by atoms with van der Waals surface area (Å²) in [5.41, 5.74) is 2.35. The zero-order valence-electron chi connectivity index (χ0n) is 22.2. The number of carbonyl (C=O) groups is 2. The highest BCUT2D eigenvalue weighted by Gasteiger charge is 2.23. The fourth-order valence-corrected chi connectivity index (χ4v) is 4.87. The molecule has 0 unspecified atom stereocenters. The predicted molar refractivity (Wildman–Crippen MR) is 144 cm³/mol. The van der Waals surface area contributed by atoms with Crippen LogP contribution in [-0.4, -0.2) is 63.5 Å². The Hall–Kier alpha value is -3.66. The summed E-state index contributed by atoms with van der Waals surface area (Å²) in [5.74, 6) is 0.733. The first kappa shape index (κ1) is 27.4. The van der Waals surface area contributed by atoms with Crippen LogP contribution in [0.2, 0.25) is 0 Å². The summed E-state index contributed by atoms with van der Waals surface area (Å²) < 4.78 is 13.2. The SMILES string of the molecule is C[C@H](CCN1CCC[C@@H](Cc2ccc(F)cc2)C1)NC(=O)Nc1cc(-c2nn[nH]n2)cc(C(C)(C)C=O)c1. The van der Waals surface area contributed by atoms with Crippen LogP contribution in [0.15, 0.2) is 42.5 Å². The molecule has 3 N–H and O–H groups in total. The molecule has 0 aliphatic carbocycles. The van der Waals surface area contributed by atoms with Gasteiger partial charge in [-0.05, 0) is 106 Å². The Labute approximate surface area is 222 Å². The third-order valence-corrected chi connectivity index (χ3v) is 7.13. The van der Waals surface area contributed by atoms with Gasteiger partial charge in [0, 0.05) is 35.8 Å². The highest BCUT2D eigenvalue weighted by molar-refractivity contribution is 5.90. The van der Waals surface area contributed by atoms with Crippen molar-refractivity contribution < 1.29 is 14.0 Å². The van der Waals surface area contributed by atoms with Crippen molar-refractivity contribution in [2.75, 3.05) is 25.0 Å². The van der Waals surface area contributed by atoms with E-state index in [0.717, 1.165) is 50.7 Å². The fraction of sp³-hybridized carbons (Fsp3) is 0.464. The van der Waals surface area contributed by atoms with E-state index in [0.29, 0.717) is 23.0 Å². The van der Waals surface area contributed by atoms with Crippen LogP contribution in [0.1, 0.15) is 51.2 Å². The maximum Gasteiger partial charge on any atom is 0.319 e. The number of aromatic amines is 1. The number of aldehydes is 1. The highest BCUT2D eigenvalue weighted by atomic mass is 19.1. The first-order valence-corrected chi connectivity index (χ1v) is 13.1. The minimum Gasteiger partial charge on any atom is -0.335 e. The summed E-state index contributed by atoms with van der Waals surface area (Å²) in [6.45, 7) is 8.58. The fourth-order valence-electron chi connectivity index (χ4n) is 4.87. The van der Waals surface area contributed by atoms with Gasteiger partial charge < -0.3 is 20.3 Å². The minimum absolute atomic E-state index is 0.0289. The lowest BCUT2D eigenvalue weighted by atomic mass is 9.85. The number of nitrogens with one attached hydrogen (secondary N) is 3. The van der Waals surface area contributed by atoms with Gasteiger partial charge in [0.05, 0.1) is 0 Å². The number of carbonyl (C=O) groups excluding carboxylic acids is 2. The van der Waals surface area contributed by atoms with Gasteiger partial charge >= 0.3 is 6.03 Å². The molecule has 0 saturated carbocycles. The molecule has 0 radical (unpaired) electrons. The quantitative estimate of drug-likeness (QED) is 0.342. The second-order valence-electron chi connectivity index (χ2n) is 10.8. The number of tetrazole rings is 1. The van der Waals surface area contributed by atoms with Gasteiger partial charge in [-0.3, -0.25) is 0 Å². The average Bonchev–Trinajstić information content (AvgIpc) is 3.44. The van der Waals surface area contributed by atoms with Crippen molar-refractivity contribution in [3.63, 3.8) is 0 Å². The number of hydrogen-bond donors (Lipinski definition) is 3. The first-order chi connectivity index (χ1) is 18.2. The van der Waals surface area contributed by atoms with Crippen molar-refractivity contribution >= 4 is 18.0 Å². The normalized spacial score (nSPS) is 17.1. The molecule has 2 heterocycles. The van der Waals surface area contributed by atoms with Crippen molar-refractivity contribution in [1.82, 2.24) is 30.8 Å². The van der Waals surface area contributed by atoms with Gasteiger partial charge in [-0.1, -0.05) is 12.1 Å². The Bertz CT molecular complexity index is 1210. The number of likely N-dealkylation sites (tertiary alicyclic amines) is 1. The van der Waals surface area contributed by atoms with Crippen LogP contribution in [0, 0.1) is 11.7 Å². The monoisotopic (exact) mass is 521 g/mol. The Morgan fingerprint density at radius 2 is 2.05 bits per heavy atom. The maximum atomic E-state index is 13.2. The number of rotatable bonds is 10. The van der Waals surface area contributed by atoms with Gasteiger partial charge in [-0.2, -0.15) is 5.21 Å². The number of urea groups is 1. The van der Waals surface area contributed by atoms with Crippen LogP contribution < -0.4 is 10.6 Å². The van der Waals surface area contributed by atoms with Crippen molar-refractivity contribution in [2.24, 2.45) is 5.92 Å². The molecule has 2 amide bonds. The van der Waals surface area contributed by atoms with E-state index in [-0.39, 0.29) is 17.9 Å². The number of aromatic nitrogens is 4. The zero-order chi connectivity index (χ0) is 27.1. The van der Waals surface area contributed by atoms with E-state index in [2.05, 4.69) is 36.2 Å². The van der Waals surface area contributed by atoms with E-state index in [1.165, 1.54) is 24.1 Å². The van der Waals surface area contributed by atoms with Crippen molar-refractivity contribution in [1.29, 1.82) is 0 Å². The summed E-state index contributed by atoms with van der Waals surface area (Å²) in [5, 5.41) is 20.0. The molecule has 4 rings (SSSR count). The topological polar surface area (TPSA) is 116 Å². The van der Waals surface area contributed by atoms with Crippen molar-refractivity contribution in [2.45, 2.75) is 57.9 Å². The Balaban J connectivity index is 1.30. The number of halogens is 1. The lowest BCUT2D eigenvalue weighted by molar-refractivity contribution is -0.111. The van der Waals surface area contributed by atoms with Crippen LogP contribution in [0.4, 0.5) is 14.9 Å². The molecule has 1 aliphatic heterocycles. The predicted octanol–water partition coefficient (Wildman–Crippen LogP) is 4.34. The molecular formula is C28H36FN7O2. The number of H-pyrrole nitrogens is 1. The largest absolute Gasteiger partial charge is 0.335 e. The van der Waals surface area contributed by atoms with Crippen LogP contribution >= 0.6 is 0 Å². The molecule has 38 heavy (non-hydrogen) atoms. The van der Waals surface area contributed by atoms with Gasteiger partial charge in [0.2, 0.25) is 5.82 Å². The molecule has 9 nitrogen and oxygen atoms in total. The molecular weight excluding hydrogens is 485 g/mol. The first-order valence-electron chi connectivity index (χ1n) is 13.1. The standard InChI is InChI=1S/C28H36FN7O2/c1-19(10-12-36-11-4-5-21(17-36)13-20-6-8-24(29)9-7-20)30-27(38)31-25-15-22(26-32-34-35-33-26)14-23(16-25)28(2,3)18-37/h6-9,14-16,18-19,21H,4-5,10-13,17H2,1-3H3,(H2,30,31,38)(H,32,33,34,35)/t19-,21+/m1/s1. The van der Waals surface area contributed by atoms with E-state index in [4.69, 9.17) is 0 Å². The summed E-state index contributed by atoms with van der Waals surface area (Å²) in [7, 11) is 0. The van der Waals surface area contributed by atoms with E-state index in [1.807, 2.05) is 39.0 Å². The lowest BCUT2D eigenvalue weighted by Crippen LogP contribution is -2.41. The summed E-state index contributed by atoms with van der Waals surface area (Å²) in [6.07, 6.45) is 4.97. The zero-order valence-corrected chi connectivity index (χ0v) is 22.2. The third kappa shape index (κ3) is 7.44. The van der Waals surface area contributed by atoms with Crippen LogP contribution in [0.5, 0.6) is 0 Å². The summed E-state index contributed by atoms with van der Waals surface area (Å²) in [6, 6.07) is 11.8. The molecule has 0 bridgehead atoms. The number of nitrogens with zero attached hydrogens (tertiary/aromatic N) is 4. The van der Waals surface area contributed by atoms with Gasteiger partial charge in [-0.25, -0.2) is 9.18 Å². The van der Waals surface area contributed by atoms with Gasteiger partial charge in [0.1, 0.15) is 12.1 Å². The maximum absolute atomic E-state index is 13.2. The molecule has 10 heteroatoms. The van der Waals surface area contributed by atoms with Crippen LogP contribution in [0.3, 0.4) is 0 Å². The van der Waals surface area contributed by atoms with E-state index >= 15 is 0 Å². The molecule has 1 aromatic heterocycles. The smallest absolute Gasteiger partial charge is 0.319 e. The Morgan fingerprint density at radius 1 is 1.26 bits per heavy atom. The second kappa shape index (κ2) is 12.3. The van der Waals surface area contributed by atoms with E-state index < -0.39 is 5.41 Å². The van der Waals surface area contributed by atoms with Gasteiger partial charge in [-0.15, -0.1) is 10.2 Å². The number of benzene rings is 2. The summed E-state index contributed by atoms with van der Waals surface area (Å²) in [4.78, 5) is 26.9. The molecule has 2 aromatic carbocycles.